The summed E-state index contributed by atoms with van der Waals surface area (Å²) in [6.45, 7) is 1.35. The number of alkyl halides is 7. The molecule has 0 aliphatic heterocycles. The second-order valence-electron chi connectivity index (χ2n) is 3.71. The lowest BCUT2D eigenvalue weighted by Crippen LogP contribution is -2.53. The van der Waals surface area contributed by atoms with Crippen molar-refractivity contribution >= 4 is 43.2 Å². The quantitative estimate of drug-likeness (QED) is 0.512. The smallest absolute Gasteiger partial charge is 0.199 e. The Balaban J connectivity index is 3.16. The highest BCUT2D eigenvalue weighted by atomic mass is 79.9. The summed E-state index contributed by atoms with van der Waals surface area (Å²) in [4.78, 5) is 0. The van der Waals surface area contributed by atoms with Gasteiger partial charge in [-0.3, -0.25) is 0 Å². The van der Waals surface area contributed by atoms with Gasteiger partial charge in [0.05, 0.1) is 7.57 Å². The summed E-state index contributed by atoms with van der Waals surface area (Å²) in [6.07, 6.45) is -8.00. The van der Waals surface area contributed by atoms with Gasteiger partial charge < -0.3 is 0 Å². The van der Waals surface area contributed by atoms with Crippen molar-refractivity contribution < 1.29 is 30.7 Å². The van der Waals surface area contributed by atoms with E-state index in [2.05, 4.69) is 31.9 Å². The van der Waals surface area contributed by atoms with Gasteiger partial charge in [-0.05, 0) is 49.9 Å². The Morgan fingerprint density at radius 1 is 0.947 bits per heavy atom. The Morgan fingerprint density at radius 3 is 1.74 bits per heavy atom. The topological polar surface area (TPSA) is 0 Å². The normalized spacial score (nSPS) is 14.0. The van der Waals surface area contributed by atoms with Crippen LogP contribution < -0.4 is 0 Å². The molecule has 1 rings (SSSR count). The molecule has 0 nitrogen and oxygen atoms in total. The van der Waals surface area contributed by atoms with Crippen LogP contribution in [0.1, 0.15) is 11.1 Å². The number of rotatable bonds is 3. The summed E-state index contributed by atoms with van der Waals surface area (Å²) in [5.41, 5.74) is -0.0691. The molecule has 0 aliphatic rings. The van der Waals surface area contributed by atoms with Crippen molar-refractivity contribution in [3.05, 3.63) is 18.7 Å². The van der Waals surface area contributed by atoms with Gasteiger partial charge in [0.2, 0.25) is 0 Å². The van der Waals surface area contributed by atoms with Gasteiger partial charge in [-0.15, -0.1) is 11.3 Å². The molecule has 0 unspecified atom stereocenters. The molecule has 0 bridgehead atoms. The summed E-state index contributed by atoms with van der Waals surface area (Å²) in [6, 6.07) is 0. The van der Waals surface area contributed by atoms with Crippen molar-refractivity contribution in [3.8, 4) is 0 Å². The molecule has 0 N–H and O–H groups in total. The number of hydrogen-bond acceptors (Lipinski definition) is 1. The summed E-state index contributed by atoms with van der Waals surface area (Å²) >= 11 is 6.79. The zero-order valence-electron chi connectivity index (χ0n) is 9.02. The number of hydrogen-bond donors (Lipinski definition) is 0. The van der Waals surface area contributed by atoms with Gasteiger partial charge in [-0.2, -0.15) is 30.7 Å². The highest BCUT2D eigenvalue weighted by Crippen LogP contribution is 2.49. The fourth-order valence-electron chi connectivity index (χ4n) is 1.23. The van der Waals surface area contributed by atoms with E-state index in [0.717, 1.165) is 11.3 Å². The highest BCUT2D eigenvalue weighted by molar-refractivity contribution is 9.12. The molecule has 0 spiro atoms. The summed E-state index contributed by atoms with van der Waals surface area (Å²) in [7, 11) is 0. The molecule has 1 aromatic rings. The maximum atomic E-state index is 13.3. The second kappa shape index (κ2) is 5.18. The van der Waals surface area contributed by atoms with Crippen LogP contribution in [0.4, 0.5) is 30.7 Å². The lowest BCUT2D eigenvalue weighted by Gasteiger charge is -2.28. The van der Waals surface area contributed by atoms with Crippen LogP contribution in [0.25, 0.3) is 0 Å². The fraction of sp³-hybridized carbons (Fsp3) is 0.556. The second-order valence-corrected chi connectivity index (χ2v) is 7.36. The molecule has 0 amide bonds. The van der Waals surface area contributed by atoms with Gasteiger partial charge in [-0.25, -0.2) is 0 Å². The lowest BCUT2D eigenvalue weighted by atomic mass is 10.0. The van der Waals surface area contributed by atoms with Crippen molar-refractivity contribution in [1.82, 2.24) is 0 Å². The van der Waals surface area contributed by atoms with Gasteiger partial charge in [0.1, 0.15) is 0 Å². The molecule has 0 atom stereocenters. The lowest BCUT2D eigenvalue weighted by molar-refractivity contribution is -0.354. The molecule has 1 aromatic heterocycles. The fourth-order valence-corrected chi connectivity index (χ4v) is 4.31. The highest BCUT2D eigenvalue weighted by Gasteiger charge is 2.72. The van der Waals surface area contributed by atoms with Gasteiger partial charge in [-0.1, -0.05) is 0 Å². The van der Waals surface area contributed by atoms with Crippen molar-refractivity contribution in [3.63, 3.8) is 0 Å². The van der Waals surface area contributed by atoms with Crippen LogP contribution in [-0.4, -0.2) is 18.0 Å². The molecule has 0 aromatic carbocycles. The van der Waals surface area contributed by atoms with Gasteiger partial charge in [0.25, 0.3) is 0 Å². The van der Waals surface area contributed by atoms with E-state index < -0.39 is 24.4 Å². The standard InChI is InChI=1S/C9H5Br2F7S/c1-3-4(6(11)19-5(3)10)2-7(12,13)8(14,15)9(16,17)18/h2H2,1H3. The van der Waals surface area contributed by atoms with E-state index in [4.69, 9.17) is 0 Å². The third-order valence-corrected chi connectivity index (χ3v) is 5.33. The van der Waals surface area contributed by atoms with Crippen molar-refractivity contribution in [1.29, 1.82) is 0 Å². The first kappa shape index (κ1) is 17.2. The summed E-state index contributed by atoms with van der Waals surface area (Å²) < 4.78 is 88.5. The number of thiophene rings is 1. The van der Waals surface area contributed by atoms with Crippen LogP contribution in [0.3, 0.4) is 0 Å². The van der Waals surface area contributed by atoms with Crippen molar-refractivity contribution in [2.75, 3.05) is 0 Å². The Morgan fingerprint density at radius 2 is 1.42 bits per heavy atom. The average Bonchev–Trinajstić information content (AvgIpc) is 2.43. The molecular formula is C9H5Br2F7S. The van der Waals surface area contributed by atoms with E-state index in [9.17, 15) is 30.7 Å². The Bertz CT molecular complexity index is 478. The minimum Gasteiger partial charge on any atom is -0.199 e. The summed E-state index contributed by atoms with van der Waals surface area (Å²) in [5.74, 6) is -11.3. The van der Waals surface area contributed by atoms with Crippen LogP contribution in [0.5, 0.6) is 0 Å². The molecule has 0 radical (unpaired) electrons. The third-order valence-electron chi connectivity index (χ3n) is 2.38. The third kappa shape index (κ3) is 3.10. The van der Waals surface area contributed by atoms with Gasteiger partial charge >= 0.3 is 18.0 Å². The first-order valence-electron chi connectivity index (χ1n) is 4.57. The van der Waals surface area contributed by atoms with Crippen LogP contribution in [0, 0.1) is 6.92 Å². The predicted molar refractivity (Wildman–Crippen MR) is 64.1 cm³/mol. The van der Waals surface area contributed by atoms with E-state index in [1.54, 1.807) is 0 Å². The SMILES string of the molecule is Cc1c(Br)sc(Br)c1CC(F)(F)C(F)(F)C(F)(F)F. The van der Waals surface area contributed by atoms with Crippen LogP contribution in [0.2, 0.25) is 0 Å². The zero-order chi connectivity index (χ0) is 15.2. The molecule has 10 heteroatoms. The zero-order valence-corrected chi connectivity index (χ0v) is 13.0. The molecule has 0 aliphatic carbocycles. The van der Waals surface area contributed by atoms with E-state index >= 15 is 0 Å². The molecule has 110 valence electrons. The largest absolute Gasteiger partial charge is 0.459 e. The van der Waals surface area contributed by atoms with Crippen molar-refractivity contribution in [2.24, 2.45) is 0 Å². The van der Waals surface area contributed by atoms with Crippen molar-refractivity contribution in [2.45, 2.75) is 31.4 Å². The Hall–Kier alpha value is 0.170. The Kier molecular flexibility index (Phi) is 4.69. The molecule has 19 heavy (non-hydrogen) atoms. The van der Waals surface area contributed by atoms with E-state index in [0.29, 0.717) is 3.79 Å². The predicted octanol–water partition coefficient (Wildman–Crippen LogP) is 5.96. The van der Waals surface area contributed by atoms with Crippen LogP contribution in [-0.2, 0) is 6.42 Å². The minimum atomic E-state index is -6.30. The maximum Gasteiger partial charge on any atom is 0.459 e. The Labute approximate surface area is 124 Å². The van der Waals surface area contributed by atoms with E-state index in [1.807, 2.05) is 0 Å². The maximum absolute atomic E-state index is 13.3. The number of halogens is 9. The van der Waals surface area contributed by atoms with E-state index in [1.165, 1.54) is 6.92 Å². The minimum absolute atomic E-state index is 0.0922. The average molecular weight is 438 g/mol. The monoisotopic (exact) mass is 436 g/mol. The van der Waals surface area contributed by atoms with E-state index in [-0.39, 0.29) is 14.9 Å². The molecule has 0 saturated carbocycles. The molecule has 0 fully saturated rings. The molecular weight excluding hydrogens is 433 g/mol. The summed E-state index contributed by atoms with van der Waals surface area (Å²) in [5, 5.41) is 0. The van der Waals surface area contributed by atoms with Gasteiger partial charge in [0.15, 0.2) is 0 Å². The molecule has 0 saturated heterocycles. The first-order valence-corrected chi connectivity index (χ1v) is 6.97. The van der Waals surface area contributed by atoms with Crippen LogP contribution in [0.15, 0.2) is 7.57 Å². The molecule has 1 heterocycles. The first-order chi connectivity index (χ1) is 8.31. The van der Waals surface area contributed by atoms with Crippen LogP contribution >= 0.6 is 43.2 Å². The van der Waals surface area contributed by atoms with Gasteiger partial charge in [0, 0.05) is 6.42 Å².